The lowest BCUT2D eigenvalue weighted by Crippen LogP contribution is -2.41. The molecule has 1 aliphatic carbocycles. The summed E-state index contributed by atoms with van der Waals surface area (Å²) in [4.78, 5) is 11.6. The van der Waals surface area contributed by atoms with Crippen molar-refractivity contribution in [2.75, 3.05) is 5.32 Å². The number of nitrogens with one attached hydrogen (secondary N) is 1. The highest BCUT2D eigenvalue weighted by Crippen LogP contribution is 2.24. The van der Waals surface area contributed by atoms with E-state index in [1.165, 1.54) is 5.56 Å². The Kier molecular flexibility index (Phi) is 4.03. The lowest BCUT2D eigenvalue weighted by Gasteiger charge is -2.27. The Morgan fingerprint density at radius 1 is 1.33 bits per heavy atom. The van der Waals surface area contributed by atoms with E-state index in [0.717, 1.165) is 24.9 Å². The van der Waals surface area contributed by atoms with Gasteiger partial charge in [0.25, 0.3) is 0 Å². The molecule has 0 radical (unpaired) electrons. The smallest absolute Gasteiger partial charge is 0.240 e. The molecule has 1 aliphatic rings. The van der Waals surface area contributed by atoms with E-state index in [1.807, 2.05) is 31.2 Å². The number of benzene rings is 1. The highest BCUT2D eigenvalue weighted by atomic mass is 16.1. The Bertz CT molecular complexity index is 436. The van der Waals surface area contributed by atoms with Crippen LogP contribution in [0.4, 0.5) is 5.69 Å². The summed E-state index contributed by atoms with van der Waals surface area (Å²) < 4.78 is 0. The molecule has 1 aromatic rings. The summed E-state index contributed by atoms with van der Waals surface area (Å²) in [7, 11) is 0. The van der Waals surface area contributed by atoms with E-state index in [1.54, 1.807) is 0 Å². The van der Waals surface area contributed by atoms with Crippen molar-refractivity contribution in [3.8, 4) is 0 Å². The Balaban J connectivity index is 2.08. The van der Waals surface area contributed by atoms with Gasteiger partial charge in [0, 0.05) is 5.69 Å². The van der Waals surface area contributed by atoms with E-state index in [0.29, 0.717) is 5.92 Å². The molecule has 96 valence electrons. The summed E-state index contributed by atoms with van der Waals surface area (Å²) >= 11 is 0. The van der Waals surface area contributed by atoms with Crippen LogP contribution in [0.1, 0.15) is 24.8 Å². The number of allylic oxidation sites excluding steroid dienone is 2. The molecule has 0 spiro atoms. The Hall–Kier alpha value is -1.77. The van der Waals surface area contributed by atoms with Gasteiger partial charge in [-0.1, -0.05) is 29.8 Å². The molecule has 0 heterocycles. The Labute approximate surface area is 108 Å². The molecule has 1 aromatic carbocycles. The second-order valence-corrected chi connectivity index (χ2v) is 4.93. The summed E-state index contributed by atoms with van der Waals surface area (Å²) in [6.07, 6.45) is 7.28. The number of rotatable bonds is 4. The van der Waals surface area contributed by atoms with Gasteiger partial charge in [-0.15, -0.1) is 0 Å². The second kappa shape index (κ2) is 5.71. The average Bonchev–Trinajstić information content (AvgIpc) is 2.38. The van der Waals surface area contributed by atoms with Crippen molar-refractivity contribution in [2.24, 2.45) is 11.7 Å². The van der Waals surface area contributed by atoms with Gasteiger partial charge >= 0.3 is 0 Å². The van der Waals surface area contributed by atoms with Crippen LogP contribution in [0.3, 0.4) is 0 Å². The molecule has 2 atom stereocenters. The fourth-order valence-electron chi connectivity index (χ4n) is 2.37. The Morgan fingerprint density at radius 3 is 2.61 bits per heavy atom. The van der Waals surface area contributed by atoms with E-state index in [9.17, 15) is 4.79 Å². The van der Waals surface area contributed by atoms with Gasteiger partial charge in [0.15, 0.2) is 0 Å². The van der Waals surface area contributed by atoms with Crippen LogP contribution < -0.4 is 11.1 Å². The molecule has 18 heavy (non-hydrogen) atoms. The molecule has 0 aliphatic heterocycles. The maximum Gasteiger partial charge on any atom is 0.240 e. The zero-order chi connectivity index (χ0) is 13.0. The molecular weight excluding hydrogens is 224 g/mol. The zero-order valence-corrected chi connectivity index (χ0v) is 10.7. The monoisotopic (exact) mass is 244 g/mol. The molecule has 0 bridgehead atoms. The van der Waals surface area contributed by atoms with Crippen LogP contribution in [0, 0.1) is 12.8 Å². The first-order valence-electron chi connectivity index (χ1n) is 6.44. The molecule has 3 heteroatoms. The fourth-order valence-corrected chi connectivity index (χ4v) is 2.37. The topological polar surface area (TPSA) is 55.1 Å². The molecule has 3 N–H and O–H groups in total. The number of hydrogen-bond donors (Lipinski definition) is 2. The molecule has 2 unspecified atom stereocenters. The van der Waals surface area contributed by atoms with Crippen LogP contribution in [0.15, 0.2) is 36.4 Å². The third-order valence-electron chi connectivity index (χ3n) is 3.46. The van der Waals surface area contributed by atoms with Crippen molar-refractivity contribution in [2.45, 2.75) is 32.2 Å². The zero-order valence-electron chi connectivity index (χ0n) is 10.7. The quantitative estimate of drug-likeness (QED) is 0.800. The standard InChI is InChI=1S/C15H20N2O/c1-11-7-9-13(10-8-11)17-14(15(16)18)12-5-3-2-4-6-12/h2-3,7-10,12,14,17H,4-6H2,1H3,(H2,16,18). The highest BCUT2D eigenvalue weighted by Gasteiger charge is 2.26. The van der Waals surface area contributed by atoms with Gasteiger partial charge in [-0.25, -0.2) is 0 Å². The largest absolute Gasteiger partial charge is 0.373 e. The van der Waals surface area contributed by atoms with Crippen LogP contribution in [0.5, 0.6) is 0 Å². The minimum absolute atomic E-state index is 0.268. The van der Waals surface area contributed by atoms with Gasteiger partial charge < -0.3 is 11.1 Å². The van der Waals surface area contributed by atoms with Crippen molar-refractivity contribution < 1.29 is 4.79 Å². The molecule has 0 saturated heterocycles. The molecule has 0 fully saturated rings. The highest BCUT2D eigenvalue weighted by molar-refractivity contribution is 5.83. The predicted octanol–water partition coefficient (Wildman–Crippen LogP) is 2.62. The van der Waals surface area contributed by atoms with E-state index in [-0.39, 0.29) is 11.9 Å². The lowest BCUT2D eigenvalue weighted by atomic mass is 9.87. The van der Waals surface area contributed by atoms with E-state index >= 15 is 0 Å². The minimum Gasteiger partial charge on any atom is -0.373 e. The van der Waals surface area contributed by atoms with Gasteiger partial charge in [0.05, 0.1) is 0 Å². The second-order valence-electron chi connectivity index (χ2n) is 4.93. The van der Waals surface area contributed by atoms with Crippen LogP contribution >= 0.6 is 0 Å². The predicted molar refractivity (Wildman–Crippen MR) is 74.3 cm³/mol. The molecule has 3 nitrogen and oxygen atoms in total. The van der Waals surface area contributed by atoms with Gasteiger partial charge in [-0.2, -0.15) is 0 Å². The van der Waals surface area contributed by atoms with Crippen LogP contribution in [-0.2, 0) is 4.79 Å². The van der Waals surface area contributed by atoms with Crippen LogP contribution in [-0.4, -0.2) is 11.9 Å². The van der Waals surface area contributed by atoms with Crippen LogP contribution in [0.2, 0.25) is 0 Å². The molecular formula is C15H20N2O. The summed E-state index contributed by atoms with van der Waals surface area (Å²) in [6.45, 7) is 2.04. The first-order valence-corrected chi connectivity index (χ1v) is 6.44. The summed E-state index contributed by atoms with van der Waals surface area (Å²) in [5, 5.41) is 3.27. The lowest BCUT2D eigenvalue weighted by molar-refractivity contribution is -0.119. The van der Waals surface area contributed by atoms with E-state index in [4.69, 9.17) is 5.73 Å². The first-order chi connectivity index (χ1) is 8.66. The third-order valence-corrected chi connectivity index (χ3v) is 3.46. The number of nitrogens with two attached hydrogens (primary N) is 1. The number of hydrogen-bond acceptors (Lipinski definition) is 2. The van der Waals surface area contributed by atoms with E-state index < -0.39 is 0 Å². The number of aryl methyl sites for hydroxylation is 1. The number of anilines is 1. The minimum atomic E-state index is -0.280. The summed E-state index contributed by atoms with van der Waals surface area (Å²) in [6, 6.07) is 7.76. The average molecular weight is 244 g/mol. The molecule has 0 saturated carbocycles. The summed E-state index contributed by atoms with van der Waals surface area (Å²) in [5.74, 6) is 0.0321. The molecule has 2 rings (SSSR count). The number of carbonyl (C=O) groups is 1. The van der Waals surface area contributed by atoms with E-state index in [2.05, 4.69) is 17.5 Å². The van der Waals surface area contributed by atoms with Gasteiger partial charge in [0.2, 0.25) is 5.91 Å². The normalized spacial score (nSPS) is 20.4. The Morgan fingerprint density at radius 2 is 2.06 bits per heavy atom. The van der Waals surface area contributed by atoms with Crippen molar-refractivity contribution in [1.82, 2.24) is 0 Å². The number of amides is 1. The van der Waals surface area contributed by atoms with Gasteiger partial charge in [-0.3, -0.25) is 4.79 Å². The van der Waals surface area contributed by atoms with Crippen molar-refractivity contribution in [3.63, 3.8) is 0 Å². The van der Waals surface area contributed by atoms with Gasteiger partial charge in [-0.05, 0) is 44.2 Å². The maximum absolute atomic E-state index is 11.6. The van der Waals surface area contributed by atoms with Crippen molar-refractivity contribution in [1.29, 1.82) is 0 Å². The third kappa shape index (κ3) is 3.13. The van der Waals surface area contributed by atoms with Crippen molar-refractivity contribution in [3.05, 3.63) is 42.0 Å². The first kappa shape index (κ1) is 12.7. The summed E-state index contributed by atoms with van der Waals surface area (Å²) in [5.41, 5.74) is 7.68. The SMILES string of the molecule is Cc1ccc(NC(C(N)=O)C2CC=CCC2)cc1. The maximum atomic E-state index is 11.6. The van der Waals surface area contributed by atoms with Crippen molar-refractivity contribution >= 4 is 11.6 Å². The van der Waals surface area contributed by atoms with Crippen LogP contribution in [0.25, 0.3) is 0 Å². The molecule has 1 amide bonds. The number of carbonyl (C=O) groups excluding carboxylic acids is 1. The fraction of sp³-hybridized carbons (Fsp3) is 0.400. The van der Waals surface area contributed by atoms with Gasteiger partial charge in [0.1, 0.15) is 6.04 Å². The number of primary amides is 1. The molecule has 0 aromatic heterocycles.